The van der Waals surface area contributed by atoms with Gasteiger partial charge < -0.3 is 0 Å². The Balaban J connectivity index is 4.96. The molecule has 0 aromatic rings. The molecule has 0 amide bonds. The van der Waals surface area contributed by atoms with Crippen molar-refractivity contribution in [1.82, 2.24) is 0 Å². The van der Waals surface area contributed by atoms with Gasteiger partial charge in [0.25, 0.3) is 0 Å². The van der Waals surface area contributed by atoms with Gasteiger partial charge in [0.1, 0.15) is 0 Å². The molecule has 0 heterocycles. The molecule has 0 spiro atoms. The molecule has 0 fully saturated rings. The summed E-state index contributed by atoms with van der Waals surface area (Å²) in [6.07, 6.45) is -0.725. The topological polar surface area (TPSA) is 0 Å². The van der Waals surface area contributed by atoms with Gasteiger partial charge in [-0.05, 0) is 6.42 Å². The second kappa shape index (κ2) is 5.83. The van der Waals surface area contributed by atoms with Gasteiger partial charge in [-0.1, -0.05) is 26.2 Å². The first-order valence-corrected chi connectivity index (χ1v) is 5.82. The molecule has 8 heteroatoms. The van der Waals surface area contributed by atoms with Crippen LogP contribution in [0.3, 0.4) is 0 Å². The van der Waals surface area contributed by atoms with Crippen LogP contribution in [0.1, 0.15) is 46.0 Å². The molecule has 0 bridgehead atoms. The fourth-order valence-electron chi connectivity index (χ4n) is 1.44. The van der Waals surface area contributed by atoms with Crippen molar-refractivity contribution in [2.24, 2.45) is 0 Å². The summed E-state index contributed by atoms with van der Waals surface area (Å²) >= 11 is 0. The minimum Gasteiger partial charge on any atom is -0.200 e. The average molecular weight is 300 g/mol. The van der Waals surface area contributed by atoms with Gasteiger partial charge in [-0.3, -0.25) is 0 Å². The third-order valence-corrected chi connectivity index (χ3v) is 2.75. The number of halogens is 8. The standard InChI is InChI=1S/C11H16F8/c1-3-4-5-6-7-9(14,15)11(18,19)10(16,17)8(2,12)13/h3-7H2,1-2H3. The van der Waals surface area contributed by atoms with Crippen LogP contribution in [-0.4, -0.2) is 23.7 Å². The molecular weight excluding hydrogens is 284 g/mol. The van der Waals surface area contributed by atoms with Crippen LogP contribution in [0.5, 0.6) is 0 Å². The molecule has 0 aromatic carbocycles. The normalized spacial score (nSPS) is 14.8. The molecule has 0 aliphatic heterocycles. The highest BCUT2D eigenvalue weighted by Gasteiger charge is 2.78. The molecule has 0 aliphatic rings. The van der Waals surface area contributed by atoms with E-state index in [9.17, 15) is 35.1 Å². The van der Waals surface area contributed by atoms with Crippen molar-refractivity contribution in [2.75, 3.05) is 0 Å². The van der Waals surface area contributed by atoms with Crippen LogP contribution in [0.25, 0.3) is 0 Å². The molecule has 0 nitrogen and oxygen atoms in total. The summed E-state index contributed by atoms with van der Waals surface area (Å²) in [5, 5.41) is 0. The molecule has 0 N–H and O–H groups in total. The number of hydrogen-bond acceptors (Lipinski definition) is 0. The maximum absolute atomic E-state index is 13.1. The van der Waals surface area contributed by atoms with Gasteiger partial charge in [0, 0.05) is 13.3 Å². The van der Waals surface area contributed by atoms with Gasteiger partial charge in [-0.2, -0.15) is 35.1 Å². The van der Waals surface area contributed by atoms with Gasteiger partial charge in [0.15, 0.2) is 0 Å². The van der Waals surface area contributed by atoms with Crippen molar-refractivity contribution in [1.29, 1.82) is 0 Å². The van der Waals surface area contributed by atoms with E-state index in [-0.39, 0.29) is 6.42 Å². The molecule has 0 saturated carbocycles. The predicted molar refractivity (Wildman–Crippen MR) is 54.2 cm³/mol. The lowest BCUT2D eigenvalue weighted by Gasteiger charge is -2.35. The highest BCUT2D eigenvalue weighted by atomic mass is 19.4. The zero-order valence-corrected chi connectivity index (χ0v) is 10.6. The predicted octanol–water partition coefficient (Wildman–Crippen LogP) is 5.52. The Hall–Kier alpha value is -0.560. The van der Waals surface area contributed by atoms with Crippen molar-refractivity contribution in [3.8, 4) is 0 Å². The fraction of sp³-hybridized carbons (Fsp3) is 1.00. The van der Waals surface area contributed by atoms with E-state index in [1.807, 2.05) is 0 Å². The molecule has 116 valence electrons. The SMILES string of the molecule is CCCCCCC(F)(F)C(F)(F)C(F)(F)C(C)(F)F. The van der Waals surface area contributed by atoms with E-state index in [0.717, 1.165) is 0 Å². The third kappa shape index (κ3) is 3.72. The summed E-state index contributed by atoms with van der Waals surface area (Å²) in [4.78, 5) is 0. The van der Waals surface area contributed by atoms with E-state index >= 15 is 0 Å². The van der Waals surface area contributed by atoms with E-state index in [0.29, 0.717) is 12.8 Å². The Morgan fingerprint density at radius 3 is 1.53 bits per heavy atom. The summed E-state index contributed by atoms with van der Waals surface area (Å²) in [7, 11) is 0. The maximum atomic E-state index is 13.1. The summed E-state index contributed by atoms with van der Waals surface area (Å²) < 4.78 is 103. The molecular formula is C11H16F8. The van der Waals surface area contributed by atoms with E-state index in [1.54, 1.807) is 6.92 Å². The minimum atomic E-state index is -6.10. The van der Waals surface area contributed by atoms with Crippen molar-refractivity contribution in [2.45, 2.75) is 69.6 Å². The van der Waals surface area contributed by atoms with Crippen molar-refractivity contribution in [3.05, 3.63) is 0 Å². The van der Waals surface area contributed by atoms with Crippen molar-refractivity contribution in [3.63, 3.8) is 0 Å². The molecule has 0 unspecified atom stereocenters. The van der Waals surface area contributed by atoms with Crippen molar-refractivity contribution < 1.29 is 35.1 Å². The van der Waals surface area contributed by atoms with Gasteiger partial charge in [-0.15, -0.1) is 0 Å². The van der Waals surface area contributed by atoms with Crippen LogP contribution >= 0.6 is 0 Å². The molecule has 0 rings (SSSR count). The van der Waals surface area contributed by atoms with Crippen LogP contribution in [0, 0.1) is 0 Å². The average Bonchev–Trinajstić information content (AvgIpc) is 2.22. The quantitative estimate of drug-likeness (QED) is 0.409. The lowest BCUT2D eigenvalue weighted by Crippen LogP contribution is -2.61. The second-order valence-electron chi connectivity index (χ2n) is 4.55. The van der Waals surface area contributed by atoms with Gasteiger partial charge in [-0.25, -0.2) is 0 Å². The largest absolute Gasteiger partial charge is 0.378 e. The first-order chi connectivity index (χ1) is 8.31. The number of alkyl halides is 8. The molecule has 0 saturated heterocycles. The summed E-state index contributed by atoms with van der Waals surface area (Å²) in [6, 6.07) is 0. The Bertz CT molecular complexity index is 279. The molecule has 19 heavy (non-hydrogen) atoms. The van der Waals surface area contributed by atoms with Crippen LogP contribution in [0.15, 0.2) is 0 Å². The molecule has 0 atom stereocenters. The minimum absolute atomic E-state index is 0.149. The third-order valence-electron chi connectivity index (χ3n) is 2.75. The number of rotatable bonds is 8. The van der Waals surface area contributed by atoms with Crippen molar-refractivity contribution >= 4 is 0 Å². The molecule has 0 radical (unpaired) electrons. The van der Waals surface area contributed by atoms with Gasteiger partial charge in [0.05, 0.1) is 0 Å². The van der Waals surface area contributed by atoms with Crippen LogP contribution < -0.4 is 0 Å². The zero-order chi connectivity index (χ0) is 15.5. The number of unbranched alkanes of at least 4 members (excludes halogenated alkanes) is 3. The summed E-state index contributed by atoms with van der Waals surface area (Å²) in [6.45, 7) is 1.23. The van der Waals surface area contributed by atoms with Crippen LogP contribution in [-0.2, 0) is 0 Å². The summed E-state index contributed by atoms with van der Waals surface area (Å²) in [5.41, 5.74) is 0. The molecule has 0 aromatic heterocycles. The van der Waals surface area contributed by atoms with Gasteiger partial charge in [0.2, 0.25) is 0 Å². The highest BCUT2D eigenvalue weighted by molar-refractivity contribution is 5.01. The first kappa shape index (κ1) is 18.4. The maximum Gasteiger partial charge on any atom is 0.378 e. The highest BCUT2D eigenvalue weighted by Crippen LogP contribution is 2.53. The Labute approximate surface area is 106 Å². The lowest BCUT2D eigenvalue weighted by atomic mass is 9.95. The molecule has 0 aliphatic carbocycles. The van der Waals surface area contributed by atoms with Gasteiger partial charge >= 0.3 is 23.7 Å². The fourth-order valence-corrected chi connectivity index (χ4v) is 1.44. The van der Waals surface area contributed by atoms with E-state index in [1.165, 1.54) is 0 Å². The Morgan fingerprint density at radius 2 is 1.16 bits per heavy atom. The monoisotopic (exact) mass is 300 g/mol. The zero-order valence-electron chi connectivity index (χ0n) is 10.6. The smallest absolute Gasteiger partial charge is 0.200 e. The Kier molecular flexibility index (Phi) is 5.66. The summed E-state index contributed by atoms with van der Waals surface area (Å²) in [5.74, 6) is -22.6. The van der Waals surface area contributed by atoms with Crippen LogP contribution in [0.4, 0.5) is 35.1 Å². The van der Waals surface area contributed by atoms with E-state index in [4.69, 9.17) is 0 Å². The Morgan fingerprint density at radius 1 is 0.684 bits per heavy atom. The van der Waals surface area contributed by atoms with E-state index < -0.39 is 43.5 Å². The number of hydrogen-bond donors (Lipinski definition) is 0. The van der Waals surface area contributed by atoms with E-state index in [2.05, 4.69) is 0 Å². The second-order valence-corrected chi connectivity index (χ2v) is 4.55. The lowest BCUT2D eigenvalue weighted by molar-refractivity contribution is -0.363. The van der Waals surface area contributed by atoms with Crippen LogP contribution in [0.2, 0.25) is 0 Å². The first-order valence-electron chi connectivity index (χ1n) is 5.82.